The second kappa shape index (κ2) is 4.11. The number of benzene rings is 2. The average molecular weight is 215 g/mol. The van der Waals surface area contributed by atoms with Gasteiger partial charge in [0.2, 0.25) is 0 Å². The van der Waals surface area contributed by atoms with Gasteiger partial charge < -0.3 is 0 Å². The van der Waals surface area contributed by atoms with E-state index in [1.54, 1.807) is 0 Å². The maximum atomic E-state index is 13.1. The number of hydrogen-bond donors (Lipinski definition) is 0. The van der Waals surface area contributed by atoms with E-state index in [4.69, 9.17) is 5.26 Å². The summed E-state index contributed by atoms with van der Waals surface area (Å²) in [6, 6.07) is 11.5. The minimum atomic E-state index is -0.418. The van der Waals surface area contributed by atoms with Crippen LogP contribution >= 0.6 is 0 Å². The lowest BCUT2D eigenvalue weighted by Crippen LogP contribution is -1.86. The highest BCUT2D eigenvalue weighted by atomic mass is 19.1. The second-order valence-corrected chi connectivity index (χ2v) is 3.31. The summed E-state index contributed by atoms with van der Waals surface area (Å²) in [5.74, 6) is -0.781. The average Bonchev–Trinajstić information content (AvgIpc) is 2.30. The molecule has 0 amide bonds. The van der Waals surface area contributed by atoms with E-state index >= 15 is 0 Å². The van der Waals surface area contributed by atoms with Crippen LogP contribution in [0.25, 0.3) is 11.1 Å². The fraction of sp³-hybridized carbons (Fsp3) is 0. The molecule has 2 rings (SSSR count). The van der Waals surface area contributed by atoms with Gasteiger partial charge in [0, 0.05) is 5.56 Å². The second-order valence-electron chi connectivity index (χ2n) is 3.31. The molecule has 0 N–H and O–H groups in total. The molecule has 0 unspecified atom stereocenters. The highest BCUT2D eigenvalue weighted by Gasteiger charge is 2.06. The van der Waals surface area contributed by atoms with Crippen molar-refractivity contribution in [2.75, 3.05) is 0 Å². The van der Waals surface area contributed by atoms with Crippen LogP contribution in [0.3, 0.4) is 0 Å². The molecule has 0 radical (unpaired) electrons. The summed E-state index contributed by atoms with van der Waals surface area (Å²) in [6.07, 6.45) is 0. The normalized spacial score (nSPS) is 9.81. The Hall–Kier alpha value is -2.21. The Morgan fingerprint density at radius 2 is 1.50 bits per heavy atom. The Labute approximate surface area is 91.6 Å². The van der Waals surface area contributed by atoms with Crippen molar-refractivity contribution < 1.29 is 8.78 Å². The van der Waals surface area contributed by atoms with Gasteiger partial charge in [-0.1, -0.05) is 12.1 Å². The van der Waals surface area contributed by atoms with Crippen LogP contribution in [0.5, 0.6) is 0 Å². The molecule has 2 aromatic carbocycles. The number of nitriles is 1. The van der Waals surface area contributed by atoms with Gasteiger partial charge in [0.15, 0.2) is 0 Å². The van der Waals surface area contributed by atoms with Crippen molar-refractivity contribution in [3.63, 3.8) is 0 Å². The summed E-state index contributed by atoms with van der Waals surface area (Å²) in [7, 11) is 0. The lowest BCUT2D eigenvalue weighted by Gasteiger charge is -2.04. The minimum Gasteiger partial charge on any atom is -0.207 e. The van der Waals surface area contributed by atoms with Crippen molar-refractivity contribution in [1.29, 1.82) is 5.26 Å². The molecule has 0 aliphatic rings. The number of hydrogen-bond acceptors (Lipinski definition) is 1. The first-order chi connectivity index (χ1) is 7.70. The summed E-state index contributed by atoms with van der Waals surface area (Å²) < 4.78 is 25.8. The van der Waals surface area contributed by atoms with E-state index < -0.39 is 5.82 Å². The molecule has 0 spiro atoms. The summed E-state index contributed by atoms with van der Waals surface area (Å²) in [4.78, 5) is 0. The van der Waals surface area contributed by atoms with Crippen molar-refractivity contribution in [1.82, 2.24) is 0 Å². The van der Waals surface area contributed by atoms with Gasteiger partial charge in [0.1, 0.15) is 11.6 Å². The van der Waals surface area contributed by atoms with E-state index in [1.165, 1.54) is 42.5 Å². The van der Waals surface area contributed by atoms with Gasteiger partial charge in [-0.3, -0.25) is 0 Å². The third-order valence-electron chi connectivity index (χ3n) is 2.26. The minimum absolute atomic E-state index is 0.362. The van der Waals surface area contributed by atoms with E-state index in [9.17, 15) is 8.78 Å². The van der Waals surface area contributed by atoms with Gasteiger partial charge in [0.25, 0.3) is 0 Å². The molecular weight excluding hydrogens is 208 g/mol. The van der Waals surface area contributed by atoms with Crippen molar-refractivity contribution >= 4 is 0 Å². The lowest BCUT2D eigenvalue weighted by atomic mass is 10.0. The number of nitrogens with zero attached hydrogens (tertiary/aromatic N) is 1. The summed E-state index contributed by atoms with van der Waals surface area (Å²) in [5, 5.41) is 8.88. The van der Waals surface area contributed by atoms with Crippen molar-refractivity contribution in [2.45, 2.75) is 0 Å². The molecule has 1 nitrogen and oxygen atoms in total. The van der Waals surface area contributed by atoms with Gasteiger partial charge in [0.05, 0.1) is 11.6 Å². The largest absolute Gasteiger partial charge is 0.207 e. The maximum absolute atomic E-state index is 13.1. The molecule has 0 saturated carbocycles. The molecule has 0 heterocycles. The zero-order valence-corrected chi connectivity index (χ0v) is 8.24. The first kappa shape index (κ1) is 10.3. The SMILES string of the molecule is N#Cc1ccc(F)cc1-c1ccc(F)cc1. The van der Waals surface area contributed by atoms with Crippen LogP contribution in [-0.4, -0.2) is 0 Å². The van der Waals surface area contributed by atoms with E-state index in [2.05, 4.69) is 0 Å². The molecule has 0 atom stereocenters. The van der Waals surface area contributed by atoms with Crippen LogP contribution in [-0.2, 0) is 0 Å². The summed E-state index contributed by atoms with van der Waals surface area (Å²) >= 11 is 0. The van der Waals surface area contributed by atoms with Crippen molar-refractivity contribution in [2.24, 2.45) is 0 Å². The zero-order valence-electron chi connectivity index (χ0n) is 8.24. The Kier molecular flexibility index (Phi) is 2.65. The van der Waals surface area contributed by atoms with Crippen LogP contribution in [0.1, 0.15) is 5.56 Å². The van der Waals surface area contributed by atoms with Crippen LogP contribution in [0.15, 0.2) is 42.5 Å². The molecule has 0 aromatic heterocycles. The van der Waals surface area contributed by atoms with Crippen LogP contribution in [0.2, 0.25) is 0 Å². The third-order valence-corrected chi connectivity index (χ3v) is 2.26. The van der Waals surface area contributed by atoms with Gasteiger partial charge in [-0.2, -0.15) is 5.26 Å². The predicted molar refractivity (Wildman–Crippen MR) is 56.5 cm³/mol. The Balaban J connectivity index is 2.59. The van der Waals surface area contributed by atoms with E-state index in [1.807, 2.05) is 6.07 Å². The Morgan fingerprint density at radius 3 is 2.12 bits per heavy atom. The molecule has 3 heteroatoms. The quantitative estimate of drug-likeness (QED) is 0.714. The molecule has 16 heavy (non-hydrogen) atoms. The highest BCUT2D eigenvalue weighted by molar-refractivity contribution is 5.70. The van der Waals surface area contributed by atoms with E-state index in [0.29, 0.717) is 16.7 Å². The smallest absolute Gasteiger partial charge is 0.123 e. The molecule has 2 aromatic rings. The molecule has 78 valence electrons. The van der Waals surface area contributed by atoms with Gasteiger partial charge >= 0.3 is 0 Å². The van der Waals surface area contributed by atoms with Crippen LogP contribution < -0.4 is 0 Å². The molecular formula is C13H7F2N. The summed E-state index contributed by atoms with van der Waals surface area (Å²) in [6.45, 7) is 0. The van der Waals surface area contributed by atoms with Crippen molar-refractivity contribution in [3.8, 4) is 17.2 Å². The predicted octanol–water partition coefficient (Wildman–Crippen LogP) is 3.50. The van der Waals surface area contributed by atoms with Crippen LogP contribution in [0.4, 0.5) is 8.78 Å². The first-order valence-electron chi connectivity index (χ1n) is 4.66. The molecule has 0 fully saturated rings. The zero-order chi connectivity index (χ0) is 11.5. The van der Waals surface area contributed by atoms with E-state index in [0.717, 1.165) is 0 Å². The number of halogens is 2. The Morgan fingerprint density at radius 1 is 0.875 bits per heavy atom. The molecule has 0 aliphatic heterocycles. The van der Waals surface area contributed by atoms with Crippen LogP contribution in [0, 0.1) is 23.0 Å². The third kappa shape index (κ3) is 1.91. The van der Waals surface area contributed by atoms with Gasteiger partial charge in [-0.15, -0.1) is 0 Å². The fourth-order valence-electron chi connectivity index (χ4n) is 1.48. The lowest BCUT2D eigenvalue weighted by molar-refractivity contribution is 0.627. The van der Waals surface area contributed by atoms with Gasteiger partial charge in [-0.05, 0) is 35.9 Å². The highest BCUT2D eigenvalue weighted by Crippen LogP contribution is 2.24. The number of rotatable bonds is 1. The Bertz CT molecular complexity index is 553. The maximum Gasteiger partial charge on any atom is 0.123 e. The molecule has 0 bridgehead atoms. The fourth-order valence-corrected chi connectivity index (χ4v) is 1.48. The first-order valence-corrected chi connectivity index (χ1v) is 4.66. The van der Waals surface area contributed by atoms with Crippen molar-refractivity contribution in [3.05, 3.63) is 59.7 Å². The molecule has 0 saturated heterocycles. The standard InChI is InChI=1S/C13H7F2N/c14-11-4-1-9(2-5-11)13-7-12(15)6-3-10(13)8-16/h1-7H. The monoisotopic (exact) mass is 215 g/mol. The topological polar surface area (TPSA) is 23.8 Å². The van der Waals surface area contributed by atoms with E-state index in [-0.39, 0.29) is 5.82 Å². The molecule has 0 aliphatic carbocycles. The van der Waals surface area contributed by atoms with Gasteiger partial charge in [-0.25, -0.2) is 8.78 Å². The summed E-state index contributed by atoms with van der Waals surface area (Å²) in [5.41, 5.74) is 1.47.